The number of hydrogen-bond donors (Lipinski definition) is 1. The first-order valence-corrected chi connectivity index (χ1v) is 12.4. The van der Waals surface area contributed by atoms with Crippen LogP contribution in [0.2, 0.25) is 5.02 Å². The smallest absolute Gasteiger partial charge is 0.287 e. The van der Waals surface area contributed by atoms with Gasteiger partial charge in [0.1, 0.15) is 0 Å². The summed E-state index contributed by atoms with van der Waals surface area (Å²) in [6, 6.07) is 12.7. The van der Waals surface area contributed by atoms with Crippen LogP contribution in [0.3, 0.4) is 0 Å². The third-order valence-electron chi connectivity index (χ3n) is 5.10. The number of furan rings is 1. The summed E-state index contributed by atoms with van der Waals surface area (Å²) in [5.41, 5.74) is 0. The lowest BCUT2D eigenvalue weighted by Gasteiger charge is -2.26. The van der Waals surface area contributed by atoms with Crippen molar-refractivity contribution in [3.05, 3.63) is 69.6 Å². The van der Waals surface area contributed by atoms with Crippen molar-refractivity contribution in [2.45, 2.75) is 28.9 Å². The summed E-state index contributed by atoms with van der Waals surface area (Å²) >= 11 is 7.49. The molecule has 158 valence electrons. The summed E-state index contributed by atoms with van der Waals surface area (Å²) in [5.74, 6) is -0.470. The van der Waals surface area contributed by atoms with E-state index in [9.17, 15) is 13.2 Å². The molecule has 1 amide bonds. The number of nitrogens with one attached hydrogen (secondary N) is 1. The highest BCUT2D eigenvalue weighted by atomic mass is 35.5. The number of carbonyl (C=O) groups is 1. The molecule has 1 aliphatic rings. The van der Waals surface area contributed by atoms with Crippen LogP contribution in [0.5, 0.6) is 0 Å². The fourth-order valence-corrected chi connectivity index (χ4v) is 5.70. The minimum absolute atomic E-state index is 0.0334. The second kappa shape index (κ2) is 8.93. The average molecular weight is 465 g/mol. The Morgan fingerprint density at radius 2 is 1.87 bits per heavy atom. The van der Waals surface area contributed by atoms with Gasteiger partial charge in [-0.25, -0.2) is 8.42 Å². The van der Waals surface area contributed by atoms with Crippen LogP contribution in [0.15, 0.2) is 68.3 Å². The number of amides is 1. The molecule has 3 heterocycles. The van der Waals surface area contributed by atoms with Crippen molar-refractivity contribution in [3.8, 4) is 0 Å². The SMILES string of the molecule is O=C(NCC(c1cccs1)N1CCCC1)c1ccc(S(=O)(=O)c2ccc(Cl)cc2)o1. The summed E-state index contributed by atoms with van der Waals surface area (Å²) in [7, 11) is -3.86. The molecule has 1 atom stereocenters. The Morgan fingerprint density at radius 3 is 2.53 bits per heavy atom. The summed E-state index contributed by atoms with van der Waals surface area (Å²) in [4.78, 5) is 16.2. The van der Waals surface area contributed by atoms with E-state index >= 15 is 0 Å². The third kappa shape index (κ3) is 4.46. The van der Waals surface area contributed by atoms with E-state index in [1.807, 2.05) is 11.4 Å². The average Bonchev–Trinajstić information content (AvgIpc) is 3.50. The molecule has 1 fully saturated rings. The van der Waals surface area contributed by atoms with Gasteiger partial charge in [0.25, 0.3) is 5.91 Å². The van der Waals surface area contributed by atoms with E-state index < -0.39 is 15.7 Å². The van der Waals surface area contributed by atoms with E-state index in [1.54, 1.807) is 11.3 Å². The van der Waals surface area contributed by atoms with E-state index in [1.165, 1.54) is 41.3 Å². The Kier molecular flexibility index (Phi) is 6.29. The molecular weight excluding hydrogens is 444 g/mol. The molecule has 0 spiro atoms. The number of thiophene rings is 1. The molecule has 0 bridgehead atoms. The van der Waals surface area contributed by atoms with Gasteiger partial charge in [-0.05, 0) is 73.8 Å². The van der Waals surface area contributed by atoms with Crippen molar-refractivity contribution in [3.63, 3.8) is 0 Å². The zero-order valence-electron chi connectivity index (χ0n) is 16.1. The Balaban J connectivity index is 1.46. The van der Waals surface area contributed by atoms with Crippen molar-refractivity contribution < 1.29 is 17.6 Å². The van der Waals surface area contributed by atoms with E-state index in [4.69, 9.17) is 16.0 Å². The summed E-state index contributed by atoms with van der Waals surface area (Å²) in [5, 5.41) is 5.09. The lowest BCUT2D eigenvalue weighted by Crippen LogP contribution is -2.36. The van der Waals surface area contributed by atoms with Crippen LogP contribution in [0, 0.1) is 0 Å². The molecule has 1 aliphatic heterocycles. The molecule has 2 aromatic heterocycles. The monoisotopic (exact) mass is 464 g/mol. The predicted molar refractivity (Wildman–Crippen MR) is 116 cm³/mol. The van der Waals surface area contributed by atoms with Gasteiger partial charge in [0.2, 0.25) is 14.9 Å². The van der Waals surface area contributed by atoms with Gasteiger partial charge in [0.05, 0.1) is 10.9 Å². The van der Waals surface area contributed by atoms with Crippen molar-refractivity contribution in [2.75, 3.05) is 19.6 Å². The van der Waals surface area contributed by atoms with Crippen LogP contribution < -0.4 is 5.32 Å². The van der Waals surface area contributed by atoms with Crippen LogP contribution in [0.1, 0.15) is 34.3 Å². The number of hydrogen-bond acceptors (Lipinski definition) is 6. The van der Waals surface area contributed by atoms with E-state index in [2.05, 4.69) is 16.3 Å². The van der Waals surface area contributed by atoms with Gasteiger partial charge < -0.3 is 9.73 Å². The summed E-state index contributed by atoms with van der Waals surface area (Å²) < 4.78 is 30.8. The minimum atomic E-state index is -3.86. The molecule has 0 radical (unpaired) electrons. The molecule has 30 heavy (non-hydrogen) atoms. The number of carbonyl (C=O) groups excluding carboxylic acids is 1. The standard InChI is InChI=1S/C21H21ClN2O4S2/c22-15-5-7-16(8-6-15)30(26,27)20-10-9-18(28-20)21(25)23-14-17(19-4-3-13-29-19)24-11-1-2-12-24/h3-10,13,17H,1-2,11-12,14H2,(H,23,25). The fourth-order valence-electron chi connectivity index (χ4n) is 3.54. The molecule has 1 unspecified atom stereocenters. The largest absolute Gasteiger partial charge is 0.439 e. The van der Waals surface area contributed by atoms with Crippen LogP contribution in [-0.4, -0.2) is 38.9 Å². The van der Waals surface area contributed by atoms with Gasteiger partial charge in [-0.2, -0.15) is 0 Å². The van der Waals surface area contributed by atoms with Crippen LogP contribution in [-0.2, 0) is 9.84 Å². The third-order valence-corrected chi connectivity index (χ3v) is 7.97. The molecular formula is C21H21ClN2O4S2. The molecule has 1 aromatic carbocycles. The second-order valence-corrected chi connectivity index (χ2v) is 10.4. The molecule has 4 rings (SSSR count). The van der Waals surface area contributed by atoms with Gasteiger partial charge in [-0.3, -0.25) is 9.69 Å². The molecule has 0 saturated carbocycles. The normalized spacial score (nSPS) is 15.9. The van der Waals surface area contributed by atoms with Gasteiger partial charge in [0, 0.05) is 16.4 Å². The lowest BCUT2D eigenvalue weighted by atomic mass is 10.2. The molecule has 0 aliphatic carbocycles. The van der Waals surface area contributed by atoms with E-state index in [0.29, 0.717) is 11.6 Å². The zero-order chi connectivity index (χ0) is 21.1. The highest BCUT2D eigenvalue weighted by Gasteiger charge is 2.27. The van der Waals surface area contributed by atoms with Crippen LogP contribution in [0.4, 0.5) is 0 Å². The number of benzene rings is 1. The lowest BCUT2D eigenvalue weighted by molar-refractivity contribution is 0.0905. The maximum Gasteiger partial charge on any atom is 0.287 e. The topological polar surface area (TPSA) is 79.6 Å². The Morgan fingerprint density at radius 1 is 1.13 bits per heavy atom. The van der Waals surface area contributed by atoms with E-state index in [0.717, 1.165) is 25.9 Å². The van der Waals surface area contributed by atoms with Crippen molar-refractivity contribution in [2.24, 2.45) is 0 Å². The highest BCUT2D eigenvalue weighted by molar-refractivity contribution is 7.91. The molecule has 1 saturated heterocycles. The summed E-state index contributed by atoms with van der Waals surface area (Å²) in [6.07, 6.45) is 2.31. The maximum absolute atomic E-state index is 12.7. The highest BCUT2D eigenvalue weighted by Crippen LogP contribution is 2.28. The first-order chi connectivity index (χ1) is 14.4. The molecule has 6 nitrogen and oxygen atoms in total. The second-order valence-electron chi connectivity index (χ2n) is 7.06. The number of likely N-dealkylation sites (tertiary alicyclic amines) is 1. The Hall–Kier alpha value is -2.13. The van der Waals surface area contributed by atoms with Crippen LogP contribution >= 0.6 is 22.9 Å². The van der Waals surface area contributed by atoms with E-state index in [-0.39, 0.29) is 21.8 Å². The zero-order valence-corrected chi connectivity index (χ0v) is 18.5. The Bertz CT molecular complexity index is 1100. The van der Waals surface area contributed by atoms with Gasteiger partial charge >= 0.3 is 0 Å². The van der Waals surface area contributed by atoms with Crippen molar-refractivity contribution in [1.82, 2.24) is 10.2 Å². The number of nitrogens with zero attached hydrogens (tertiary/aromatic N) is 1. The predicted octanol–water partition coefficient (Wildman–Crippen LogP) is 4.39. The number of sulfone groups is 1. The Labute approximate surface area is 184 Å². The number of rotatable bonds is 7. The van der Waals surface area contributed by atoms with Crippen molar-refractivity contribution >= 4 is 38.7 Å². The first-order valence-electron chi connectivity index (χ1n) is 9.61. The fraction of sp³-hybridized carbons (Fsp3) is 0.286. The van der Waals surface area contributed by atoms with Gasteiger partial charge in [-0.15, -0.1) is 11.3 Å². The minimum Gasteiger partial charge on any atom is -0.439 e. The maximum atomic E-state index is 12.7. The quantitative estimate of drug-likeness (QED) is 0.560. The van der Waals surface area contributed by atoms with Gasteiger partial charge in [-0.1, -0.05) is 17.7 Å². The molecule has 3 aromatic rings. The molecule has 1 N–H and O–H groups in total. The van der Waals surface area contributed by atoms with Gasteiger partial charge in [0.15, 0.2) is 5.76 Å². The van der Waals surface area contributed by atoms with Crippen LogP contribution in [0.25, 0.3) is 0 Å². The molecule has 9 heteroatoms. The number of halogens is 1. The first kappa shape index (κ1) is 21.1. The van der Waals surface area contributed by atoms with Crippen molar-refractivity contribution in [1.29, 1.82) is 0 Å². The summed E-state index contributed by atoms with van der Waals surface area (Å²) in [6.45, 7) is 2.44.